The molecule has 1 aliphatic carbocycles. The average Bonchev–Trinajstić information content (AvgIpc) is 3.45. The number of anilines is 1. The molecule has 0 atom stereocenters. The summed E-state index contributed by atoms with van der Waals surface area (Å²) in [5, 5.41) is 5.36. The minimum absolute atomic E-state index is 0.0901. The Kier molecular flexibility index (Phi) is 6.82. The van der Waals surface area contributed by atoms with Crippen LogP contribution in [0.4, 0.5) is 5.00 Å². The van der Waals surface area contributed by atoms with E-state index in [1.54, 1.807) is 12.1 Å². The molecule has 0 aromatic carbocycles. The molecule has 9 nitrogen and oxygen atoms in total. The van der Waals surface area contributed by atoms with Gasteiger partial charge in [0.25, 0.3) is 11.8 Å². The van der Waals surface area contributed by atoms with Crippen molar-refractivity contribution in [1.29, 1.82) is 0 Å². The van der Waals surface area contributed by atoms with Crippen LogP contribution >= 0.6 is 22.9 Å². The third-order valence-electron chi connectivity index (χ3n) is 5.22. The fourth-order valence-electron chi connectivity index (χ4n) is 3.51. The van der Waals surface area contributed by atoms with Gasteiger partial charge in [0.15, 0.2) is 5.69 Å². The second-order valence-corrected chi connectivity index (χ2v) is 11.1. The van der Waals surface area contributed by atoms with Gasteiger partial charge < -0.3 is 15.1 Å². The first-order valence-corrected chi connectivity index (χ1v) is 13.2. The highest BCUT2D eigenvalue weighted by Gasteiger charge is 2.28. The van der Waals surface area contributed by atoms with Gasteiger partial charge in [-0.15, -0.1) is 11.3 Å². The summed E-state index contributed by atoms with van der Waals surface area (Å²) in [6.07, 6.45) is 6.12. The van der Waals surface area contributed by atoms with Gasteiger partial charge in [0.1, 0.15) is 10.8 Å². The van der Waals surface area contributed by atoms with Gasteiger partial charge in [-0.1, -0.05) is 18.5 Å². The lowest BCUT2D eigenvalue weighted by atomic mass is 9.95. The van der Waals surface area contributed by atoms with Crippen molar-refractivity contribution in [3.63, 3.8) is 0 Å². The Morgan fingerprint density at radius 3 is 2.76 bits per heavy atom. The minimum Gasteiger partial charge on any atom is -0.467 e. The zero-order valence-electron chi connectivity index (χ0n) is 17.7. The first kappa shape index (κ1) is 23.4. The number of fused-ring (bicyclic) bond motifs is 1. The molecule has 3 aromatic heterocycles. The molecule has 0 fully saturated rings. The summed E-state index contributed by atoms with van der Waals surface area (Å²) in [5.41, 5.74) is 1.05. The summed E-state index contributed by atoms with van der Waals surface area (Å²) in [4.78, 5) is 34.8. The molecule has 0 radical (unpaired) electrons. The van der Waals surface area contributed by atoms with Crippen LogP contribution in [-0.2, 0) is 29.2 Å². The monoisotopic (exact) mass is 508 g/mol. The Bertz CT molecular complexity index is 1300. The van der Waals surface area contributed by atoms with Crippen molar-refractivity contribution in [3.8, 4) is 0 Å². The third-order valence-corrected chi connectivity index (χ3v) is 8.22. The molecule has 2 N–H and O–H groups in total. The van der Waals surface area contributed by atoms with E-state index >= 15 is 0 Å². The number of nitrogens with one attached hydrogen (secondary N) is 2. The van der Waals surface area contributed by atoms with Gasteiger partial charge in [-0.3, -0.25) is 9.59 Å². The molecule has 0 saturated carbocycles. The van der Waals surface area contributed by atoms with Gasteiger partial charge in [0.05, 0.1) is 35.3 Å². The van der Waals surface area contributed by atoms with Gasteiger partial charge in [-0.2, -0.15) is 0 Å². The Morgan fingerprint density at radius 1 is 1.24 bits per heavy atom. The second-order valence-electron chi connectivity index (χ2n) is 7.38. The summed E-state index contributed by atoms with van der Waals surface area (Å²) in [5.74, 6) is -0.652. The summed E-state index contributed by atoms with van der Waals surface area (Å²) in [6.45, 7) is 1.66. The van der Waals surface area contributed by atoms with E-state index in [2.05, 4.69) is 20.6 Å². The number of amides is 2. The van der Waals surface area contributed by atoms with Gasteiger partial charge in [0, 0.05) is 4.88 Å². The topological polar surface area (TPSA) is 131 Å². The molecule has 0 spiro atoms. The van der Waals surface area contributed by atoms with Crippen LogP contribution < -0.4 is 10.6 Å². The average molecular weight is 509 g/mol. The molecule has 12 heteroatoms. The predicted molar refractivity (Wildman–Crippen MR) is 124 cm³/mol. The van der Waals surface area contributed by atoms with E-state index in [4.69, 9.17) is 16.0 Å². The molecule has 3 heterocycles. The van der Waals surface area contributed by atoms with E-state index in [0.717, 1.165) is 42.3 Å². The van der Waals surface area contributed by atoms with Crippen molar-refractivity contribution in [2.45, 2.75) is 44.3 Å². The molecule has 0 aliphatic heterocycles. The Labute approximate surface area is 199 Å². The van der Waals surface area contributed by atoms with E-state index in [9.17, 15) is 18.0 Å². The van der Waals surface area contributed by atoms with Gasteiger partial charge >= 0.3 is 0 Å². The molecule has 0 unspecified atom stereocenters. The van der Waals surface area contributed by atoms with Crippen LogP contribution in [0.5, 0.6) is 0 Å². The van der Waals surface area contributed by atoms with Crippen molar-refractivity contribution in [3.05, 3.63) is 57.1 Å². The lowest BCUT2D eigenvalue weighted by Crippen LogP contribution is -2.25. The number of furan rings is 1. The highest BCUT2D eigenvalue weighted by molar-refractivity contribution is 7.91. The van der Waals surface area contributed by atoms with Gasteiger partial charge in [-0.25, -0.2) is 18.4 Å². The molecular formula is C21H21ClN4O5S2. The molecule has 174 valence electrons. The number of hydrogen-bond donors (Lipinski definition) is 2. The second kappa shape index (κ2) is 9.62. The fraction of sp³-hybridized carbons (Fsp3) is 0.333. The zero-order valence-corrected chi connectivity index (χ0v) is 20.1. The van der Waals surface area contributed by atoms with E-state index in [-0.39, 0.29) is 28.9 Å². The highest BCUT2D eigenvalue weighted by Crippen LogP contribution is 2.38. The number of carbonyl (C=O) groups excluding carboxylic acids is 2. The predicted octanol–water partition coefficient (Wildman–Crippen LogP) is 3.64. The number of aromatic nitrogens is 2. The van der Waals surface area contributed by atoms with Crippen molar-refractivity contribution >= 4 is 49.6 Å². The number of sulfone groups is 1. The summed E-state index contributed by atoms with van der Waals surface area (Å²) in [7, 11) is -3.73. The number of rotatable bonds is 7. The smallest absolute Gasteiger partial charge is 0.276 e. The molecule has 4 rings (SSSR count). The maximum absolute atomic E-state index is 13.1. The summed E-state index contributed by atoms with van der Waals surface area (Å²) in [6, 6.07) is 3.49. The maximum Gasteiger partial charge on any atom is 0.276 e. The van der Waals surface area contributed by atoms with Crippen LogP contribution in [0.1, 0.15) is 56.8 Å². The number of aryl methyl sites for hydroxylation is 1. The molecule has 0 bridgehead atoms. The van der Waals surface area contributed by atoms with Crippen molar-refractivity contribution < 1.29 is 22.4 Å². The van der Waals surface area contributed by atoms with Crippen LogP contribution in [0.3, 0.4) is 0 Å². The van der Waals surface area contributed by atoms with E-state index in [0.29, 0.717) is 16.3 Å². The number of nitrogens with zero attached hydrogens (tertiary/aromatic N) is 2. The Hall–Kier alpha value is -2.76. The van der Waals surface area contributed by atoms with Crippen molar-refractivity contribution in [2.75, 3.05) is 11.1 Å². The molecule has 0 saturated heterocycles. The first-order valence-electron chi connectivity index (χ1n) is 10.3. The van der Waals surface area contributed by atoms with Gasteiger partial charge in [-0.05, 0) is 43.4 Å². The molecular weight excluding hydrogens is 488 g/mol. The summed E-state index contributed by atoms with van der Waals surface area (Å²) >= 11 is 7.43. The number of hydrogen-bond acceptors (Lipinski definition) is 8. The minimum atomic E-state index is -3.73. The first-order chi connectivity index (χ1) is 15.8. The van der Waals surface area contributed by atoms with Crippen LogP contribution in [-0.4, -0.2) is 36.0 Å². The fourth-order valence-corrected chi connectivity index (χ4v) is 5.68. The van der Waals surface area contributed by atoms with Crippen LogP contribution in [0.15, 0.2) is 34.2 Å². The van der Waals surface area contributed by atoms with Crippen LogP contribution in [0, 0.1) is 0 Å². The number of halogens is 1. The SMILES string of the molecule is CCS(=O)(=O)c1ncc(Cl)c(C(=O)Nc2sc3c(c2C(=O)NCc2ccco2)CCCC3)n1. The third kappa shape index (κ3) is 4.94. The van der Waals surface area contributed by atoms with E-state index in [1.165, 1.54) is 24.5 Å². The highest BCUT2D eigenvalue weighted by atomic mass is 35.5. The Balaban J connectivity index is 1.64. The molecule has 1 aliphatic rings. The quantitative estimate of drug-likeness (QED) is 0.466. The molecule has 3 aromatic rings. The standard InChI is InChI=1S/C21H21ClN4O5S2/c1-2-33(29,30)21-24-11-14(22)17(25-21)19(28)26-20-16(13-7-3-4-8-15(13)32-20)18(27)23-10-12-6-5-9-31-12/h5-6,9,11H,2-4,7-8,10H2,1H3,(H,23,27)(H,26,28). The largest absolute Gasteiger partial charge is 0.467 e. The van der Waals surface area contributed by atoms with Crippen molar-refractivity contribution in [2.24, 2.45) is 0 Å². The molecule has 33 heavy (non-hydrogen) atoms. The number of carbonyl (C=O) groups is 2. The van der Waals surface area contributed by atoms with Gasteiger partial charge in [0.2, 0.25) is 15.0 Å². The van der Waals surface area contributed by atoms with Crippen LogP contribution in [0.2, 0.25) is 5.02 Å². The van der Waals surface area contributed by atoms with E-state index < -0.39 is 20.9 Å². The lowest BCUT2D eigenvalue weighted by Gasteiger charge is -2.13. The van der Waals surface area contributed by atoms with Crippen molar-refractivity contribution in [1.82, 2.24) is 15.3 Å². The molecule has 2 amide bonds. The van der Waals surface area contributed by atoms with Crippen LogP contribution in [0.25, 0.3) is 0 Å². The zero-order chi connectivity index (χ0) is 23.6. The Morgan fingerprint density at radius 2 is 2.03 bits per heavy atom. The normalized spacial score (nSPS) is 13.4. The van der Waals surface area contributed by atoms with E-state index in [1.807, 2.05) is 0 Å². The maximum atomic E-state index is 13.1. The lowest BCUT2D eigenvalue weighted by molar-refractivity contribution is 0.0948. The number of thiophene rings is 1. The summed E-state index contributed by atoms with van der Waals surface area (Å²) < 4.78 is 29.5.